The first-order chi connectivity index (χ1) is 11.1. The highest BCUT2D eigenvalue weighted by Crippen LogP contribution is 2.23. The third-order valence-corrected chi connectivity index (χ3v) is 5.08. The van der Waals surface area contributed by atoms with Crippen molar-refractivity contribution in [1.82, 2.24) is 4.98 Å². The number of nitrogens with zero attached hydrogens (tertiary/aromatic N) is 3. The van der Waals surface area contributed by atoms with Crippen LogP contribution in [-0.4, -0.2) is 24.0 Å². The zero-order chi connectivity index (χ0) is 18.4. The van der Waals surface area contributed by atoms with Crippen LogP contribution in [0.25, 0.3) is 0 Å². The molecule has 1 rings (SSSR count). The van der Waals surface area contributed by atoms with Gasteiger partial charge in [0.25, 0.3) is 0 Å². The number of nitrogens with two attached hydrogens (primary N) is 1. The Morgan fingerprint density at radius 2 is 2.17 bits per heavy atom. The van der Waals surface area contributed by atoms with Gasteiger partial charge in [-0.2, -0.15) is 15.9 Å². The van der Waals surface area contributed by atoms with E-state index in [-0.39, 0.29) is 18.0 Å². The minimum absolute atomic E-state index is 0.258. The van der Waals surface area contributed by atoms with Gasteiger partial charge < -0.3 is 14.3 Å². The van der Waals surface area contributed by atoms with E-state index in [1.165, 1.54) is 6.07 Å². The molecular formula is C15H20BrF2N4OS-. The van der Waals surface area contributed by atoms with E-state index in [0.717, 1.165) is 6.07 Å². The van der Waals surface area contributed by atoms with E-state index in [4.69, 9.17) is 11.0 Å². The summed E-state index contributed by atoms with van der Waals surface area (Å²) >= 11 is 3.08. The lowest BCUT2D eigenvalue weighted by atomic mass is 9.90. The number of hydrogen-bond donors (Lipinski definition) is 1. The van der Waals surface area contributed by atoms with Gasteiger partial charge in [-0.05, 0) is 54.8 Å². The number of aromatic nitrogens is 1. The van der Waals surface area contributed by atoms with Crippen molar-refractivity contribution in [3.05, 3.63) is 28.2 Å². The standard InChI is InChI=1S/C15H20BrF2N4OS/c1-14(2,9-19)6-3-7-21-24(23)10-15(20,8-17)13-11(18)4-5-12(16)22-13/h4-5H,3,6-8,10,20H2,1-2H3/q-1/t15-/m0/s1. The molecule has 5 nitrogen and oxygen atoms in total. The number of pyridine rings is 1. The van der Waals surface area contributed by atoms with Gasteiger partial charge in [-0.1, -0.05) is 5.75 Å². The third kappa shape index (κ3) is 6.07. The molecule has 2 N–H and O–H groups in total. The van der Waals surface area contributed by atoms with Gasteiger partial charge in [0.05, 0.1) is 22.7 Å². The van der Waals surface area contributed by atoms with Gasteiger partial charge in [0, 0.05) is 6.54 Å². The lowest BCUT2D eigenvalue weighted by molar-refractivity contribution is 0.321. The second-order valence-corrected chi connectivity index (χ2v) is 8.17. The Bertz CT molecular complexity index is 701. The van der Waals surface area contributed by atoms with Crippen LogP contribution in [0.2, 0.25) is 0 Å². The molecule has 0 saturated heterocycles. The first-order valence-corrected chi connectivity index (χ1v) is 9.35. The third-order valence-electron chi connectivity index (χ3n) is 3.40. The number of rotatable bonds is 8. The molecule has 0 radical (unpaired) electrons. The van der Waals surface area contributed by atoms with Crippen LogP contribution in [0.4, 0.5) is 8.78 Å². The molecule has 0 aliphatic heterocycles. The molecule has 134 valence electrons. The highest BCUT2D eigenvalue weighted by atomic mass is 79.9. The molecule has 0 aromatic carbocycles. The molecule has 0 aliphatic carbocycles. The Morgan fingerprint density at radius 1 is 1.50 bits per heavy atom. The normalized spacial score (nSPS) is 15.7. The van der Waals surface area contributed by atoms with Gasteiger partial charge in [-0.15, -0.1) is 0 Å². The largest absolute Gasteiger partial charge is 0.444 e. The molecule has 1 heterocycles. The van der Waals surface area contributed by atoms with Crippen LogP contribution < -0.4 is 5.73 Å². The number of hydrogen-bond acceptors (Lipinski definition) is 6. The summed E-state index contributed by atoms with van der Waals surface area (Å²) in [4.78, 5) is 3.87. The minimum Gasteiger partial charge on any atom is -0.444 e. The molecule has 0 fully saturated rings. The molecule has 1 aromatic rings. The maximum Gasteiger partial charge on any atom is 0.146 e. The second-order valence-electron chi connectivity index (χ2n) is 6.17. The van der Waals surface area contributed by atoms with Gasteiger partial charge in [-0.25, -0.2) is 13.8 Å². The van der Waals surface area contributed by atoms with Gasteiger partial charge >= 0.3 is 0 Å². The summed E-state index contributed by atoms with van der Waals surface area (Å²) in [5.41, 5.74) is 3.32. The summed E-state index contributed by atoms with van der Waals surface area (Å²) in [6.07, 6.45) is 1.17. The van der Waals surface area contributed by atoms with Crippen molar-refractivity contribution >= 4 is 26.5 Å². The Kier molecular flexibility index (Phi) is 7.70. The van der Waals surface area contributed by atoms with Crippen molar-refractivity contribution < 1.29 is 13.0 Å². The van der Waals surface area contributed by atoms with Crippen molar-refractivity contribution in [2.24, 2.45) is 15.5 Å². The summed E-state index contributed by atoms with van der Waals surface area (Å²) < 4.78 is 43.6. The van der Waals surface area contributed by atoms with E-state index >= 15 is 0 Å². The van der Waals surface area contributed by atoms with Gasteiger partial charge in [0.15, 0.2) is 0 Å². The van der Waals surface area contributed by atoms with Crippen molar-refractivity contribution in [3.63, 3.8) is 0 Å². The first-order valence-electron chi connectivity index (χ1n) is 7.28. The smallest absolute Gasteiger partial charge is 0.146 e. The summed E-state index contributed by atoms with van der Waals surface area (Å²) in [6.45, 7) is 2.75. The lowest BCUT2D eigenvalue weighted by Crippen LogP contribution is -2.45. The molecule has 0 saturated carbocycles. The fourth-order valence-electron chi connectivity index (χ4n) is 1.95. The average molecular weight is 422 g/mol. The topological polar surface area (TPSA) is 92.1 Å². The molecular weight excluding hydrogens is 402 g/mol. The molecule has 1 atom stereocenters. The summed E-state index contributed by atoms with van der Waals surface area (Å²) in [6, 6.07) is 4.66. The zero-order valence-electron chi connectivity index (χ0n) is 13.6. The number of halogens is 3. The monoisotopic (exact) mass is 421 g/mol. The van der Waals surface area contributed by atoms with Gasteiger partial charge in [-0.3, -0.25) is 0 Å². The molecule has 1 aromatic heterocycles. The van der Waals surface area contributed by atoms with E-state index in [2.05, 4.69) is 31.3 Å². The predicted octanol–water partition coefficient (Wildman–Crippen LogP) is 3.58. The van der Waals surface area contributed by atoms with E-state index in [0.29, 0.717) is 17.4 Å². The molecule has 24 heavy (non-hydrogen) atoms. The first kappa shape index (κ1) is 20.9. The Labute approximate surface area is 151 Å². The number of nitriles is 1. The second kappa shape index (κ2) is 8.83. The number of alkyl halides is 1. The van der Waals surface area contributed by atoms with E-state index in [1.807, 2.05) is 0 Å². The molecule has 0 bridgehead atoms. The molecule has 9 heteroatoms. The van der Waals surface area contributed by atoms with Crippen LogP contribution in [0.1, 0.15) is 32.4 Å². The SMILES string of the molecule is CC(C)(C#N)CCCN=[S-](=O)C[C@@](N)(CF)c1nc(Br)ccc1F. The Hall–Kier alpha value is -1.11. The van der Waals surface area contributed by atoms with Crippen molar-refractivity contribution in [2.45, 2.75) is 32.2 Å². The maximum absolute atomic E-state index is 13.9. The zero-order valence-corrected chi connectivity index (χ0v) is 16.0. The van der Waals surface area contributed by atoms with Crippen LogP contribution in [-0.2, 0) is 20.3 Å². The highest BCUT2D eigenvalue weighted by Gasteiger charge is 2.30. The summed E-state index contributed by atoms with van der Waals surface area (Å²) in [5, 5.41) is 8.92. The quantitative estimate of drug-likeness (QED) is 0.394. The van der Waals surface area contributed by atoms with Crippen molar-refractivity contribution in [1.29, 1.82) is 5.26 Å². The summed E-state index contributed by atoms with van der Waals surface area (Å²) in [7, 11) is -1.78. The van der Waals surface area contributed by atoms with Crippen LogP contribution in [0, 0.1) is 22.6 Å². The van der Waals surface area contributed by atoms with Gasteiger partial charge in [0.2, 0.25) is 0 Å². The maximum atomic E-state index is 13.9. The Morgan fingerprint density at radius 3 is 2.75 bits per heavy atom. The van der Waals surface area contributed by atoms with Gasteiger partial charge in [0.1, 0.15) is 17.1 Å². The predicted molar refractivity (Wildman–Crippen MR) is 92.6 cm³/mol. The minimum atomic E-state index is -1.81. The molecule has 0 amide bonds. The van der Waals surface area contributed by atoms with E-state index in [9.17, 15) is 13.0 Å². The van der Waals surface area contributed by atoms with Crippen molar-refractivity contribution in [2.75, 3.05) is 19.0 Å². The molecule has 0 unspecified atom stereocenters. The van der Waals surface area contributed by atoms with Crippen LogP contribution in [0.15, 0.2) is 21.1 Å². The fraction of sp³-hybridized carbons (Fsp3) is 0.600. The van der Waals surface area contributed by atoms with E-state index < -0.39 is 34.0 Å². The van der Waals surface area contributed by atoms with Crippen molar-refractivity contribution in [3.8, 4) is 6.07 Å². The summed E-state index contributed by atoms with van der Waals surface area (Å²) in [5.74, 6) is -1.13. The lowest BCUT2D eigenvalue weighted by Gasteiger charge is -2.28. The Balaban J connectivity index is 2.80. The highest BCUT2D eigenvalue weighted by molar-refractivity contribution is 9.10. The van der Waals surface area contributed by atoms with E-state index in [1.54, 1.807) is 13.8 Å². The molecule has 0 aliphatic rings. The van der Waals surface area contributed by atoms with Crippen LogP contribution >= 0.6 is 15.9 Å². The fourth-order valence-corrected chi connectivity index (χ4v) is 3.34. The average Bonchev–Trinajstić information content (AvgIpc) is 2.53. The van der Waals surface area contributed by atoms with Crippen LogP contribution in [0.5, 0.6) is 0 Å². The molecule has 0 spiro atoms. The van der Waals surface area contributed by atoms with Crippen LogP contribution in [0.3, 0.4) is 0 Å².